The van der Waals surface area contributed by atoms with Crippen molar-refractivity contribution in [3.8, 4) is 0 Å². The Morgan fingerprint density at radius 3 is 2.77 bits per heavy atom. The maximum absolute atomic E-state index is 10.5. The minimum Gasteiger partial charge on any atom is -0.380 e. The Morgan fingerprint density at radius 1 is 1.54 bits per heavy atom. The highest BCUT2D eigenvalue weighted by atomic mass is 16.5. The second-order valence-electron chi connectivity index (χ2n) is 3.26. The van der Waals surface area contributed by atoms with Crippen LogP contribution in [0, 0.1) is 6.92 Å². The van der Waals surface area contributed by atoms with E-state index in [1.54, 1.807) is 0 Å². The number of hydrogen-bond acceptors (Lipinski definition) is 3. The van der Waals surface area contributed by atoms with Gasteiger partial charge in [-0.05, 0) is 19.1 Å². The van der Waals surface area contributed by atoms with Gasteiger partial charge >= 0.3 is 0 Å². The molecule has 1 aliphatic heterocycles. The Balaban J connectivity index is 2.29. The van der Waals surface area contributed by atoms with E-state index in [-0.39, 0.29) is 0 Å². The number of hydrogen-bond donors (Lipinski definition) is 0. The highest BCUT2D eigenvalue weighted by molar-refractivity contribution is 5.76. The Hall–Kier alpha value is -1.22. The zero-order valence-electron chi connectivity index (χ0n) is 7.49. The molecule has 0 atom stereocenters. The summed E-state index contributed by atoms with van der Waals surface area (Å²) in [4.78, 5) is 14.9. The van der Waals surface area contributed by atoms with Gasteiger partial charge in [-0.25, -0.2) is 0 Å². The van der Waals surface area contributed by atoms with Gasteiger partial charge in [-0.2, -0.15) is 0 Å². The molecular formula is C10H11NO2. The lowest BCUT2D eigenvalue weighted by molar-refractivity contribution is 0.00666. The van der Waals surface area contributed by atoms with E-state index in [2.05, 4.69) is 4.98 Å². The first-order chi connectivity index (χ1) is 6.31. The lowest BCUT2D eigenvalue weighted by atomic mass is 10.0. The lowest BCUT2D eigenvalue weighted by Crippen LogP contribution is -2.26. The Morgan fingerprint density at radius 2 is 2.31 bits per heavy atom. The Bertz CT molecular complexity index is 332. The van der Waals surface area contributed by atoms with Gasteiger partial charge in [0, 0.05) is 22.9 Å². The molecule has 13 heavy (non-hydrogen) atoms. The molecule has 2 heterocycles. The van der Waals surface area contributed by atoms with E-state index >= 15 is 0 Å². The van der Waals surface area contributed by atoms with Crippen LogP contribution in [0.25, 0.3) is 0 Å². The van der Waals surface area contributed by atoms with Crippen molar-refractivity contribution in [2.45, 2.75) is 12.8 Å². The van der Waals surface area contributed by atoms with Gasteiger partial charge in [-0.15, -0.1) is 0 Å². The van der Waals surface area contributed by atoms with Crippen molar-refractivity contribution in [1.82, 2.24) is 4.98 Å². The zero-order valence-corrected chi connectivity index (χ0v) is 7.49. The van der Waals surface area contributed by atoms with Crippen LogP contribution >= 0.6 is 0 Å². The van der Waals surface area contributed by atoms with Crippen LogP contribution in [0.1, 0.15) is 27.7 Å². The molecule has 0 N–H and O–H groups in total. The predicted octanol–water partition coefficient (Wildman–Crippen LogP) is 1.32. The van der Waals surface area contributed by atoms with Crippen LogP contribution in [0.15, 0.2) is 12.1 Å². The van der Waals surface area contributed by atoms with Crippen LogP contribution < -0.4 is 0 Å². The van der Waals surface area contributed by atoms with Gasteiger partial charge < -0.3 is 4.74 Å². The summed E-state index contributed by atoms with van der Waals surface area (Å²) in [6, 6.07) is 3.73. The molecule has 0 saturated carbocycles. The lowest BCUT2D eigenvalue weighted by Gasteiger charge is -2.25. The molecule has 0 spiro atoms. The molecule has 1 aliphatic rings. The van der Waals surface area contributed by atoms with Gasteiger partial charge in [0.15, 0.2) is 6.29 Å². The van der Waals surface area contributed by atoms with Crippen LogP contribution in [-0.4, -0.2) is 24.5 Å². The molecule has 0 unspecified atom stereocenters. The second kappa shape index (κ2) is 3.26. The van der Waals surface area contributed by atoms with Gasteiger partial charge in [0.25, 0.3) is 0 Å². The number of aldehydes is 1. The summed E-state index contributed by atoms with van der Waals surface area (Å²) in [5.41, 5.74) is 2.51. The average Bonchev–Trinajstić information content (AvgIpc) is 2.01. The number of carbonyl (C=O) groups excluding carboxylic acids is 1. The molecule has 1 fully saturated rings. The van der Waals surface area contributed by atoms with Crippen molar-refractivity contribution in [2.24, 2.45) is 0 Å². The van der Waals surface area contributed by atoms with Gasteiger partial charge in [0.2, 0.25) is 0 Å². The van der Waals surface area contributed by atoms with Crippen molar-refractivity contribution in [3.05, 3.63) is 29.1 Å². The summed E-state index contributed by atoms with van der Waals surface area (Å²) in [7, 11) is 0. The van der Waals surface area contributed by atoms with Crippen LogP contribution in [0.5, 0.6) is 0 Å². The molecule has 3 heteroatoms. The molecule has 1 aromatic rings. The van der Waals surface area contributed by atoms with E-state index < -0.39 is 0 Å². The first kappa shape index (κ1) is 8.38. The minimum atomic E-state index is 0.430. The summed E-state index contributed by atoms with van der Waals surface area (Å²) in [6.07, 6.45) is 0.837. The third kappa shape index (κ3) is 1.47. The fraction of sp³-hybridized carbons (Fsp3) is 0.400. The molecule has 0 bridgehead atoms. The van der Waals surface area contributed by atoms with Crippen LogP contribution in [0.4, 0.5) is 0 Å². The molecular weight excluding hydrogens is 166 g/mol. The second-order valence-corrected chi connectivity index (χ2v) is 3.26. The average molecular weight is 177 g/mol. The summed E-state index contributed by atoms with van der Waals surface area (Å²) >= 11 is 0. The number of carbonyl (C=O) groups is 1. The van der Waals surface area contributed by atoms with Crippen molar-refractivity contribution in [3.63, 3.8) is 0 Å². The topological polar surface area (TPSA) is 39.2 Å². The van der Waals surface area contributed by atoms with E-state index in [0.29, 0.717) is 11.5 Å². The Kier molecular flexibility index (Phi) is 2.10. The number of ether oxygens (including phenoxy) is 1. The van der Waals surface area contributed by atoms with Gasteiger partial charge in [0.1, 0.15) is 0 Å². The standard InChI is InChI=1S/C10H11NO2/c1-7-8(4-12)2-3-10(11-7)9-5-13-6-9/h2-4,9H,5-6H2,1H3. The quantitative estimate of drug-likeness (QED) is 0.639. The number of aromatic nitrogens is 1. The monoisotopic (exact) mass is 177 g/mol. The molecule has 3 nitrogen and oxygen atoms in total. The van der Waals surface area contributed by atoms with Crippen molar-refractivity contribution in [1.29, 1.82) is 0 Å². The molecule has 2 rings (SSSR count). The highest BCUT2D eigenvalue weighted by Crippen LogP contribution is 2.22. The third-order valence-corrected chi connectivity index (χ3v) is 2.33. The summed E-state index contributed by atoms with van der Waals surface area (Å²) in [5, 5.41) is 0. The number of pyridine rings is 1. The number of nitrogens with zero attached hydrogens (tertiary/aromatic N) is 1. The van der Waals surface area contributed by atoms with Crippen molar-refractivity contribution < 1.29 is 9.53 Å². The maximum atomic E-state index is 10.5. The van der Waals surface area contributed by atoms with Crippen LogP contribution in [0.3, 0.4) is 0 Å². The molecule has 1 aromatic heterocycles. The first-order valence-electron chi connectivity index (χ1n) is 4.31. The largest absolute Gasteiger partial charge is 0.380 e. The number of rotatable bonds is 2. The fourth-order valence-corrected chi connectivity index (χ4v) is 1.35. The molecule has 1 saturated heterocycles. The highest BCUT2D eigenvalue weighted by Gasteiger charge is 2.21. The molecule has 0 radical (unpaired) electrons. The molecule has 0 aromatic carbocycles. The zero-order chi connectivity index (χ0) is 9.26. The predicted molar refractivity (Wildman–Crippen MR) is 47.9 cm³/mol. The molecule has 68 valence electrons. The maximum Gasteiger partial charge on any atom is 0.151 e. The van der Waals surface area contributed by atoms with Crippen LogP contribution in [0.2, 0.25) is 0 Å². The van der Waals surface area contributed by atoms with Gasteiger partial charge in [-0.3, -0.25) is 9.78 Å². The van der Waals surface area contributed by atoms with E-state index in [4.69, 9.17) is 4.74 Å². The van der Waals surface area contributed by atoms with E-state index in [0.717, 1.165) is 30.9 Å². The summed E-state index contributed by atoms with van der Waals surface area (Å²) in [5.74, 6) is 0.430. The van der Waals surface area contributed by atoms with Crippen LogP contribution in [-0.2, 0) is 4.74 Å². The Labute approximate surface area is 76.7 Å². The van der Waals surface area contributed by atoms with Crippen molar-refractivity contribution in [2.75, 3.05) is 13.2 Å². The van der Waals surface area contributed by atoms with Crippen molar-refractivity contribution >= 4 is 6.29 Å². The molecule has 0 amide bonds. The SMILES string of the molecule is Cc1nc(C2COC2)ccc1C=O. The normalized spacial score (nSPS) is 16.7. The minimum absolute atomic E-state index is 0.430. The smallest absolute Gasteiger partial charge is 0.151 e. The number of aryl methyl sites for hydroxylation is 1. The van der Waals surface area contributed by atoms with Gasteiger partial charge in [0.05, 0.1) is 13.2 Å². The first-order valence-corrected chi connectivity index (χ1v) is 4.31. The van der Waals surface area contributed by atoms with Gasteiger partial charge in [-0.1, -0.05) is 0 Å². The summed E-state index contributed by atoms with van der Waals surface area (Å²) in [6.45, 7) is 3.37. The molecule has 0 aliphatic carbocycles. The fourth-order valence-electron chi connectivity index (χ4n) is 1.35. The van der Waals surface area contributed by atoms with E-state index in [1.807, 2.05) is 19.1 Å². The van der Waals surface area contributed by atoms with E-state index in [1.165, 1.54) is 0 Å². The summed E-state index contributed by atoms with van der Waals surface area (Å²) < 4.78 is 5.08. The van der Waals surface area contributed by atoms with E-state index in [9.17, 15) is 4.79 Å². The third-order valence-electron chi connectivity index (χ3n) is 2.33.